The fourth-order valence-corrected chi connectivity index (χ4v) is 4.80. The van der Waals surface area contributed by atoms with Gasteiger partial charge in [0.05, 0.1) is 17.3 Å². The monoisotopic (exact) mass is 416 g/mol. The first-order chi connectivity index (χ1) is 13.7. The predicted octanol–water partition coefficient (Wildman–Crippen LogP) is 2.80. The van der Waals surface area contributed by atoms with Crippen LogP contribution in [0.1, 0.15) is 25.8 Å². The van der Waals surface area contributed by atoms with E-state index in [1.807, 2.05) is 0 Å². The van der Waals surface area contributed by atoms with Crippen LogP contribution in [0.2, 0.25) is 0 Å². The van der Waals surface area contributed by atoms with Crippen molar-refractivity contribution in [2.45, 2.75) is 36.8 Å². The van der Waals surface area contributed by atoms with Crippen molar-refractivity contribution in [1.29, 1.82) is 0 Å². The van der Waals surface area contributed by atoms with E-state index in [2.05, 4.69) is 5.32 Å². The number of methoxy groups -OCH3 is 1. The van der Waals surface area contributed by atoms with Crippen molar-refractivity contribution in [2.75, 3.05) is 23.9 Å². The smallest absolute Gasteiger partial charge is 0.225 e. The van der Waals surface area contributed by atoms with Crippen molar-refractivity contribution in [1.82, 2.24) is 0 Å². The Kier molecular flexibility index (Phi) is 5.93. The summed E-state index contributed by atoms with van der Waals surface area (Å²) in [4.78, 5) is 25.8. The van der Waals surface area contributed by atoms with E-state index < -0.39 is 21.0 Å². The molecule has 0 saturated carbocycles. The highest BCUT2D eigenvalue weighted by Gasteiger charge is 2.29. The summed E-state index contributed by atoms with van der Waals surface area (Å²) >= 11 is 0. The lowest BCUT2D eigenvalue weighted by atomic mass is 10.2. The zero-order valence-electron chi connectivity index (χ0n) is 16.6. The first-order valence-electron chi connectivity index (χ1n) is 9.31. The minimum Gasteiger partial charge on any atom is -0.497 e. The maximum atomic E-state index is 13.0. The Hall–Kier alpha value is -2.87. The number of rotatable bonds is 6. The van der Waals surface area contributed by atoms with Gasteiger partial charge in [-0.05, 0) is 49.2 Å². The molecule has 7 nitrogen and oxygen atoms in total. The van der Waals surface area contributed by atoms with E-state index in [0.29, 0.717) is 24.4 Å². The summed E-state index contributed by atoms with van der Waals surface area (Å²) in [6.45, 7) is 3.56. The summed E-state index contributed by atoms with van der Waals surface area (Å²) < 4.78 is 31.0. The molecule has 1 N–H and O–H groups in total. The third kappa shape index (κ3) is 4.42. The van der Waals surface area contributed by atoms with Crippen LogP contribution < -0.4 is 15.0 Å². The predicted molar refractivity (Wildman–Crippen MR) is 111 cm³/mol. The summed E-state index contributed by atoms with van der Waals surface area (Å²) in [5.41, 5.74) is 2.12. The molecule has 0 saturated heterocycles. The summed E-state index contributed by atoms with van der Waals surface area (Å²) in [5.74, 6) is 0.140. The average molecular weight is 416 g/mol. The second-order valence-corrected chi connectivity index (χ2v) is 9.42. The third-order valence-corrected chi connectivity index (χ3v) is 7.15. The number of hydrogen-bond donors (Lipinski definition) is 1. The topological polar surface area (TPSA) is 92.8 Å². The summed E-state index contributed by atoms with van der Waals surface area (Å²) in [6.07, 6.45) is 0.444. The van der Waals surface area contributed by atoms with E-state index in [1.54, 1.807) is 41.3 Å². The lowest BCUT2D eigenvalue weighted by molar-refractivity contribution is -0.117. The third-order valence-electron chi connectivity index (χ3n) is 5.01. The Balaban J connectivity index is 1.72. The van der Waals surface area contributed by atoms with Gasteiger partial charge in [0.25, 0.3) is 0 Å². The Morgan fingerprint density at radius 3 is 2.66 bits per heavy atom. The van der Waals surface area contributed by atoms with Crippen molar-refractivity contribution in [3.8, 4) is 5.75 Å². The maximum absolute atomic E-state index is 13.0. The highest BCUT2D eigenvalue weighted by atomic mass is 32.2. The molecule has 2 amide bonds. The molecule has 3 rings (SSSR count). The SMILES string of the molecule is COc1cccc(NC(=O)CC(C)S(=O)(=O)c2ccc3c(c2)CCN3C(C)=O)c1. The van der Waals surface area contributed by atoms with Crippen molar-refractivity contribution in [3.05, 3.63) is 48.0 Å². The van der Waals surface area contributed by atoms with Crippen LogP contribution in [-0.4, -0.2) is 39.1 Å². The second kappa shape index (κ2) is 8.24. The van der Waals surface area contributed by atoms with Gasteiger partial charge in [-0.15, -0.1) is 0 Å². The van der Waals surface area contributed by atoms with Crippen molar-refractivity contribution >= 4 is 33.0 Å². The van der Waals surface area contributed by atoms with Crippen LogP contribution in [0, 0.1) is 0 Å². The lowest BCUT2D eigenvalue weighted by Gasteiger charge is -2.16. The normalized spacial score (nSPS) is 14.2. The maximum Gasteiger partial charge on any atom is 0.225 e. The number of nitrogens with one attached hydrogen (secondary N) is 1. The average Bonchev–Trinajstić information content (AvgIpc) is 3.11. The summed E-state index contributed by atoms with van der Waals surface area (Å²) in [7, 11) is -2.16. The van der Waals surface area contributed by atoms with Crippen molar-refractivity contribution in [3.63, 3.8) is 0 Å². The first kappa shape index (κ1) is 20.9. The second-order valence-electron chi connectivity index (χ2n) is 7.05. The molecule has 0 aromatic heterocycles. The van der Waals surface area contributed by atoms with Crippen LogP contribution in [0.15, 0.2) is 47.4 Å². The number of fused-ring (bicyclic) bond motifs is 1. The van der Waals surface area contributed by atoms with Gasteiger partial charge in [0.2, 0.25) is 11.8 Å². The molecule has 1 aliphatic rings. The molecule has 1 atom stereocenters. The molecule has 1 aliphatic heterocycles. The van der Waals surface area contributed by atoms with E-state index in [1.165, 1.54) is 27.0 Å². The van der Waals surface area contributed by atoms with Gasteiger partial charge < -0.3 is 15.0 Å². The van der Waals surface area contributed by atoms with Gasteiger partial charge in [-0.2, -0.15) is 0 Å². The number of carbonyl (C=O) groups is 2. The molecule has 2 aromatic carbocycles. The molecule has 0 spiro atoms. The number of benzene rings is 2. The van der Waals surface area contributed by atoms with E-state index >= 15 is 0 Å². The van der Waals surface area contributed by atoms with E-state index in [4.69, 9.17) is 4.74 Å². The van der Waals surface area contributed by atoms with Gasteiger partial charge in [0.1, 0.15) is 5.75 Å². The quantitative estimate of drug-likeness (QED) is 0.782. The molecule has 0 radical (unpaired) electrons. The minimum absolute atomic E-state index is 0.0676. The molecule has 0 bridgehead atoms. The molecule has 0 aliphatic carbocycles. The molecular formula is C21H24N2O5S. The molecular weight excluding hydrogens is 392 g/mol. The standard InChI is InChI=1S/C21H24N2O5S/c1-14(11-21(25)22-17-5-4-6-18(13-17)28-3)29(26,27)19-7-8-20-16(12-19)9-10-23(20)15(2)24/h4-8,12-14H,9-11H2,1-3H3,(H,22,25). The molecule has 154 valence electrons. The van der Waals surface area contributed by atoms with Gasteiger partial charge >= 0.3 is 0 Å². The van der Waals surface area contributed by atoms with Gasteiger partial charge in [-0.25, -0.2) is 8.42 Å². The molecule has 1 heterocycles. The van der Waals surface area contributed by atoms with Gasteiger partial charge in [-0.3, -0.25) is 9.59 Å². The number of amides is 2. The lowest BCUT2D eigenvalue weighted by Crippen LogP contribution is -2.26. The van der Waals surface area contributed by atoms with Crippen LogP contribution >= 0.6 is 0 Å². The molecule has 29 heavy (non-hydrogen) atoms. The zero-order chi connectivity index (χ0) is 21.2. The highest BCUT2D eigenvalue weighted by Crippen LogP contribution is 2.31. The molecule has 1 unspecified atom stereocenters. The van der Waals surface area contributed by atoms with E-state index in [0.717, 1.165) is 11.3 Å². The first-order valence-corrected chi connectivity index (χ1v) is 10.9. The Labute approximate surface area is 170 Å². The van der Waals surface area contributed by atoms with E-state index in [-0.39, 0.29) is 17.2 Å². The summed E-state index contributed by atoms with van der Waals surface area (Å²) in [6, 6.07) is 11.7. The van der Waals surface area contributed by atoms with Crippen LogP contribution in [0.25, 0.3) is 0 Å². The zero-order valence-corrected chi connectivity index (χ0v) is 17.5. The van der Waals surface area contributed by atoms with Gasteiger partial charge in [-0.1, -0.05) is 6.07 Å². The molecule has 2 aromatic rings. The van der Waals surface area contributed by atoms with Crippen LogP contribution in [-0.2, 0) is 25.8 Å². The van der Waals surface area contributed by atoms with Crippen LogP contribution in [0.5, 0.6) is 5.75 Å². The Morgan fingerprint density at radius 1 is 1.21 bits per heavy atom. The number of hydrogen-bond acceptors (Lipinski definition) is 5. The van der Waals surface area contributed by atoms with Crippen LogP contribution in [0.3, 0.4) is 0 Å². The Morgan fingerprint density at radius 2 is 1.97 bits per heavy atom. The fourth-order valence-electron chi connectivity index (χ4n) is 3.40. The van der Waals surface area contributed by atoms with Gasteiger partial charge in [0, 0.05) is 37.3 Å². The fraction of sp³-hybridized carbons (Fsp3) is 0.333. The van der Waals surface area contributed by atoms with Crippen molar-refractivity contribution in [2.24, 2.45) is 0 Å². The number of sulfone groups is 1. The summed E-state index contributed by atoms with van der Waals surface area (Å²) in [5, 5.41) is 1.81. The van der Waals surface area contributed by atoms with Crippen LogP contribution in [0.4, 0.5) is 11.4 Å². The largest absolute Gasteiger partial charge is 0.497 e. The minimum atomic E-state index is -3.69. The number of ether oxygens (including phenoxy) is 1. The van der Waals surface area contributed by atoms with Crippen molar-refractivity contribution < 1.29 is 22.7 Å². The Bertz CT molecular complexity index is 1050. The number of carbonyl (C=O) groups excluding carboxylic acids is 2. The van der Waals surface area contributed by atoms with E-state index in [9.17, 15) is 18.0 Å². The molecule has 8 heteroatoms. The van der Waals surface area contributed by atoms with Gasteiger partial charge in [0.15, 0.2) is 9.84 Å². The highest BCUT2D eigenvalue weighted by molar-refractivity contribution is 7.92. The number of anilines is 2. The molecule has 0 fully saturated rings. The number of nitrogens with zero attached hydrogens (tertiary/aromatic N) is 1.